The minimum absolute atomic E-state index is 0.386. The van der Waals surface area contributed by atoms with E-state index in [2.05, 4.69) is 5.32 Å². The molecule has 22 heavy (non-hydrogen) atoms. The summed E-state index contributed by atoms with van der Waals surface area (Å²) in [5.41, 5.74) is 1.14. The van der Waals surface area contributed by atoms with Crippen LogP contribution in [-0.4, -0.2) is 33.9 Å². The first kappa shape index (κ1) is 16.0. The van der Waals surface area contributed by atoms with E-state index in [1.54, 1.807) is 12.1 Å². The van der Waals surface area contributed by atoms with Crippen molar-refractivity contribution in [2.45, 2.75) is 49.3 Å². The van der Waals surface area contributed by atoms with E-state index in [1.807, 2.05) is 19.2 Å². The van der Waals surface area contributed by atoms with Crippen LogP contribution in [0.3, 0.4) is 0 Å². The third-order valence-electron chi connectivity index (χ3n) is 5.25. The van der Waals surface area contributed by atoms with Crippen LogP contribution >= 0.6 is 0 Å². The lowest BCUT2D eigenvalue weighted by atomic mass is 10.0. The summed E-state index contributed by atoms with van der Waals surface area (Å²) in [6.07, 6.45) is 6.62. The second-order valence-electron chi connectivity index (χ2n) is 6.81. The smallest absolute Gasteiger partial charge is 0.175 e. The van der Waals surface area contributed by atoms with Crippen LogP contribution in [0.1, 0.15) is 31.2 Å². The number of hydrogen-bond acceptors (Lipinski definition) is 4. The van der Waals surface area contributed by atoms with Crippen molar-refractivity contribution in [3.05, 3.63) is 29.8 Å². The molecule has 0 amide bonds. The molecule has 122 valence electrons. The van der Waals surface area contributed by atoms with Crippen LogP contribution in [0.4, 0.5) is 0 Å². The van der Waals surface area contributed by atoms with E-state index < -0.39 is 9.84 Å². The molecule has 0 heterocycles. The molecule has 2 aliphatic carbocycles. The zero-order valence-electron chi connectivity index (χ0n) is 13.3. The highest BCUT2D eigenvalue weighted by molar-refractivity contribution is 7.90. The van der Waals surface area contributed by atoms with Crippen molar-refractivity contribution in [2.24, 2.45) is 11.8 Å². The van der Waals surface area contributed by atoms with Gasteiger partial charge in [0.1, 0.15) is 0 Å². The van der Waals surface area contributed by atoms with Crippen LogP contribution in [0.25, 0.3) is 0 Å². The maximum Gasteiger partial charge on any atom is 0.175 e. The lowest BCUT2D eigenvalue weighted by Crippen LogP contribution is -2.27. The summed E-state index contributed by atoms with van der Waals surface area (Å²) >= 11 is 0. The van der Waals surface area contributed by atoms with E-state index in [4.69, 9.17) is 4.74 Å². The Balaban J connectivity index is 1.50. The number of nitrogens with one attached hydrogen (secondary N) is 1. The van der Waals surface area contributed by atoms with Crippen molar-refractivity contribution in [3.8, 4) is 0 Å². The number of ether oxygens (including phenoxy) is 1. The van der Waals surface area contributed by atoms with E-state index in [9.17, 15) is 8.42 Å². The second-order valence-corrected chi connectivity index (χ2v) is 8.83. The standard InChI is InChI=1S/C17H25NO3S/c1-21-16-9-13-7-15(8-14(13)10-16)18-11-12-3-5-17(6-4-12)22(2,19)20/h3-6,13-16,18H,7-11H2,1-2H3/t13-,14+,15?,16?. The van der Waals surface area contributed by atoms with Gasteiger partial charge in [0.05, 0.1) is 11.0 Å². The molecule has 1 aromatic rings. The first-order valence-electron chi connectivity index (χ1n) is 8.01. The summed E-state index contributed by atoms with van der Waals surface area (Å²) in [5, 5.41) is 3.63. The maximum absolute atomic E-state index is 11.4. The van der Waals surface area contributed by atoms with Gasteiger partial charge < -0.3 is 10.1 Å². The Morgan fingerprint density at radius 1 is 1.09 bits per heavy atom. The number of methoxy groups -OCH3 is 1. The molecule has 5 heteroatoms. The highest BCUT2D eigenvalue weighted by atomic mass is 32.2. The number of benzene rings is 1. The molecule has 0 spiro atoms. The summed E-state index contributed by atoms with van der Waals surface area (Å²) in [5.74, 6) is 1.63. The Morgan fingerprint density at radius 3 is 2.18 bits per heavy atom. The van der Waals surface area contributed by atoms with Gasteiger partial charge in [-0.3, -0.25) is 0 Å². The molecule has 2 saturated carbocycles. The summed E-state index contributed by atoms with van der Waals surface area (Å²) in [4.78, 5) is 0.386. The number of hydrogen-bond donors (Lipinski definition) is 1. The minimum atomic E-state index is -3.10. The number of sulfone groups is 1. The van der Waals surface area contributed by atoms with Crippen molar-refractivity contribution < 1.29 is 13.2 Å². The fraction of sp³-hybridized carbons (Fsp3) is 0.647. The molecule has 2 unspecified atom stereocenters. The average molecular weight is 323 g/mol. The Labute approximate surface area is 133 Å². The van der Waals surface area contributed by atoms with E-state index >= 15 is 0 Å². The molecule has 0 saturated heterocycles. The van der Waals surface area contributed by atoms with Gasteiger partial charge >= 0.3 is 0 Å². The van der Waals surface area contributed by atoms with E-state index in [-0.39, 0.29) is 0 Å². The predicted octanol–water partition coefficient (Wildman–Crippen LogP) is 2.38. The van der Waals surface area contributed by atoms with Crippen molar-refractivity contribution in [1.82, 2.24) is 5.32 Å². The molecule has 1 N–H and O–H groups in total. The quantitative estimate of drug-likeness (QED) is 0.904. The molecule has 3 rings (SSSR count). The van der Waals surface area contributed by atoms with Gasteiger partial charge in [0.25, 0.3) is 0 Å². The molecular weight excluding hydrogens is 298 g/mol. The molecule has 0 aromatic heterocycles. The Bertz CT molecular complexity index is 597. The predicted molar refractivity (Wildman–Crippen MR) is 86.4 cm³/mol. The summed E-state index contributed by atoms with van der Waals surface area (Å²) < 4.78 is 28.4. The Hall–Kier alpha value is -0.910. The maximum atomic E-state index is 11.4. The largest absolute Gasteiger partial charge is 0.381 e. The lowest BCUT2D eigenvalue weighted by Gasteiger charge is -2.16. The third-order valence-corrected chi connectivity index (χ3v) is 6.38. The van der Waals surface area contributed by atoms with Crippen molar-refractivity contribution in [3.63, 3.8) is 0 Å². The molecule has 0 bridgehead atoms. The van der Waals surface area contributed by atoms with Crippen LogP contribution in [0.2, 0.25) is 0 Å². The lowest BCUT2D eigenvalue weighted by molar-refractivity contribution is 0.100. The summed E-state index contributed by atoms with van der Waals surface area (Å²) in [6.45, 7) is 0.807. The molecular formula is C17H25NO3S. The van der Waals surface area contributed by atoms with Crippen LogP contribution in [0.15, 0.2) is 29.2 Å². The highest BCUT2D eigenvalue weighted by Gasteiger charge is 2.41. The Morgan fingerprint density at radius 2 is 1.68 bits per heavy atom. The topological polar surface area (TPSA) is 55.4 Å². The zero-order valence-corrected chi connectivity index (χ0v) is 14.1. The monoisotopic (exact) mass is 323 g/mol. The molecule has 0 aliphatic heterocycles. The molecule has 4 nitrogen and oxygen atoms in total. The summed E-state index contributed by atoms with van der Waals surface area (Å²) in [7, 11) is -1.28. The zero-order chi connectivity index (χ0) is 15.7. The van der Waals surface area contributed by atoms with E-state index in [0.717, 1.165) is 23.9 Å². The highest BCUT2D eigenvalue weighted by Crippen LogP contribution is 2.44. The van der Waals surface area contributed by atoms with E-state index in [1.165, 1.54) is 31.9 Å². The molecule has 1 aromatic carbocycles. The van der Waals surface area contributed by atoms with Crippen LogP contribution in [0.5, 0.6) is 0 Å². The molecule has 2 fully saturated rings. The van der Waals surface area contributed by atoms with Gasteiger partial charge in [0.15, 0.2) is 9.84 Å². The van der Waals surface area contributed by atoms with Gasteiger partial charge in [-0.2, -0.15) is 0 Å². The van der Waals surface area contributed by atoms with Gasteiger partial charge in [0, 0.05) is 26.0 Å². The molecule has 0 radical (unpaired) electrons. The van der Waals surface area contributed by atoms with Crippen molar-refractivity contribution in [1.29, 1.82) is 0 Å². The third kappa shape index (κ3) is 3.53. The first-order chi connectivity index (χ1) is 10.5. The fourth-order valence-electron chi connectivity index (χ4n) is 4.04. The number of rotatable bonds is 5. The summed E-state index contributed by atoms with van der Waals surface area (Å²) in [6, 6.07) is 7.78. The van der Waals surface area contributed by atoms with E-state index in [0.29, 0.717) is 17.0 Å². The second kappa shape index (κ2) is 6.30. The van der Waals surface area contributed by atoms with Crippen molar-refractivity contribution in [2.75, 3.05) is 13.4 Å². The van der Waals surface area contributed by atoms with Crippen LogP contribution in [-0.2, 0) is 21.1 Å². The van der Waals surface area contributed by atoms with Gasteiger partial charge in [-0.05, 0) is 55.2 Å². The van der Waals surface area contributed by atoms with Crippen molar-refractivity contribution >= 4 is 9.84 Å². The van der Waals surface area contributed by atoms with Crippen LogP contribution < -0.4 is 5.32 Å². The minimum Gasteiger partial charge on any atom is -0.381 e. The number of fused-ring (bicyclic) bond motifs is 1. The fourth-order valence-corrected chi connectivity index (χ4v) is 4.67. The van der Waals surface area contributed by atoms with Gasteiger partial charge in [-0.1, -0.05) is 12.1 Å². The molecule has 4 atom stereocenters. The first-order valence-corrected chi connectivity index (χ1v) is 9.90. The Kier molecular flexibility index (Phi) is 4.57. The van der Waals surface area contributed by atoms with Gasteiger partial charge in [0.2, 0.25) is 0 Å². The van der Waals surface area contributed by atoms with Crippen LogP contribution in [0, 0.1) is 11.8 Å². The normalized spacial score (nSPS) is 31.4. The molecule has 2 aliphatic rings. The SMILES string of the molecule is COC1C[C@H]2CC(NCc3ccc(S(C)(=O)=O)cc3)C[C@H]2C1. The average Bonchev–Trinajstić information content (AvgIpc) is 3.02. The van der Waals surface area contributed by atoms with Gasteiger partial charge in [-0.15, -0.1) is 0 Å². The van der Waals surface area contributed by atoms with Gasteiger partial charge in [-0.25, -0.2) is 8.42 Å².